The van der Waals surface area contributed by atoms with Gasteiger partial charge < -0.3 is 14.5 Å². The van der Waals surface area contributed by atoms with Gasteiger partial charge in [0.1, 0.15) is 5.75 Å². The van der Waals surface area contributed by atoms with E-state index in [-0.39, 0.29) is 0 Å². The van der Waals surface area contributed by atoms with Crippen LogP contribution in [0.15, 0.2) is 45.7 Å². The van der Waals surface area contributed by atoms with Crippen LogP contribution in [-0.2, 0) is 6.54 Å². The Bertz CT molecular complexity index is 539. The Morgan fingerprint density at radius 2 is 2.26 bits per heavy atom. The Labute approximate surface area is 121 Å². The lowest BCUT2D eigenvalue weighted by atomic mass is 10.0. The van der Waals surface area contributed by atoms with Crippen LogP contribution in [0.4, 0.5) is 0 Å². The summed E-state index contributed by atoms with van der Waals surface area (Å²) in [5.41, 5.74) is 2.41. The van der Waals surface area contributed by atoms with E-state index in [1.165, 1.54) is 11.1 Å². The number of hydrogen-bond donors (Lipinski definition) is 1. The maximum absolute atomic E-state index is 5.81. The van der Waals surface area contributed by atoms with Gasteiger partial charge >= 0.3 is 0 Å². The van der Waals surface area contributed by atoms with E-state index in [0.717, 1.165) is 36.2 Å². The standard InChI is InChI=1S/C15H16BrNO2/c16-12-3-4-13-14(2-1-6-19-15(13)8-12)17-9-11-5-7-18-10-11/h3-5,7-8,10,14,17H,1-2,6,9H2. The number of nitrogens with one attached hydrogen (secondary N) is 1. The molecule has 100 valence electrons. The minimum Gasteiger partial charge on any atom is -0.493 e. The van der Waals surface area contributed by atoms with Crippen molar-refractivity contribution in [1.29, 1.82) is 0 Å². The van der Waals surface area contributed by atoms with Crippen molar-refractivity contribution in [1.82, 2.24) is 5.32 Å². The van der Waals surface area contributed by atoms with E-state index in [2.05, 4.69) is 33.4 Å². The van der Waals surface area contributed by atoms with Crippen LogP contribution in [0.5, 0.6) is 5.75 Å². The van der Waals surface area contributed by atoms with Gasteiger partial charge in [0.05, 0.1) is 19.1 Å². The average Bonchev–Trinajstić information content (AvgIpc) is 2.84. The zero-order chi connectivity index (χ0) is 13.1. The molecule has 1 aliphatic rings. The van der Waals surface area contributed by atoms with E-state index >= 15 is 0 Å². The second-order valence-electron chi connectivity index (χ2n) is 4.74. The third-order valence-electron chi connectivity index (χ3n) is 3.38. The summed E-state index contributed by atoms with van der Waals surface area (Å²) in [6.45, 7) is 1.60. The van der Waals surface area contributed by atoms with Gasteiger partial charge in [-0.3, -0.25) is 0 Å². The summed E-state index contributed by atoms with van der Waals surface area (Å²) in [4.78, 5) is 0. The maximum atomic E-state index is 5.81. The first-order valence-corrected chi connectivity index (χ1v) is 7.29. The van der Waals surface area contributed by atoms with Crippen molar-refractivity contribution in [3.63, 3.8) is 0 Å². The first-order chi connectivity index (χ1) is 9.33. The third kappa shape index (κ3) is 3.01. The summed E-state index contributed by atoms with van der Waals surface area (Å²) in [7, 11) is 0. The van der Waals surface area contributed by atoms with Crippen molar-refractivity contribution >= 4 is 15.9 Å². The third-order valence-corrected chi connectivity index (χ3v) is 3.87. The van der Waals surface area contributed by atoms with Gasteiger partial charge in [-0.1, -0.05) is 22.0 Å². The summed E-state index contributed by atoms with van der Waals surface area (Å²) < 4.78 is 12.0. The minimum atomic E-state index is 0.334. The highest BCUT2D eigenvalue weighted by atomic mass is 79.9. The highest BCUT2D eigenvalue weighted by molar-refractivity contribution is 9.10. The fourth-order valence-electron chi connectivity index (χ4n) is 2.39. The summed E-state index contributed by atoms with van der Waals surface area (Å²) in [6, 6.07) is 8.58. The molecule has 1 N–H and O–H groups in total. The van der Waals surface area contributed by atoms with Gasteiger partial charge in [-0.15, -0.1) is 0 Å². The van der Waals surface area contributed by atoms with Gasteiger partial charge in [-0.25, -0.2) is 0 Å². The zero-order valence-corrected chi connectivity index (χ0v) is 12.2. The predicted molar refractivity (Wildman–Crippen MR) is 77.2 cm³/mol. The second-order valence-corrected chi connectivity index (χ2v) is 5.65. The van der Waals surface area contributed by atoms with E-state index in [9.17, 15) is 0 Å². The van der Waals surface area contributed by atoms with Gasteiger partial charge in [-0.05, 0) is 31.0 Å². The van der Waals surface area contributed by atoms with Gasteiger partial charge in [0, 0.05) is 28.2 Å². The highest BCUT2D eigenvalue weighted by Crippen LogP contribution is 2.33. The van der Waals surface area contributed by atoms with Gasteiger partial charge in [0.15, 0.2) is 0 Å². The number of furan rings is 1. The molecule has 1 atom stereocenters. The van der Waals surface area contributed by atoms with E-state index < -0.39 is 0 Å². The number of hydrogen-bond acceptors (Lipinski definition) is 3. The van der Waals surface area contributed by atoms with Crippen LogP contribution in [0.25, 0.3) is 0 Å². The number of rotatable bonds is 3. The lowest BCUT2D eigenvalue weighted by Crippen LogP contribution is -2.20. The lowest BCUT2D eigenvalue weighted by molar-refractivity contribution is 0.315. The molecule has 0 bridgehead atoms. The molecule has 0 saturated carbocycles. The van der Waals surface area contributed by atoms with Crippen LogP contribution in [-0.4, -0.2) is 6.61 Å². The zero-order valence-electron chi connectivity index (χ0n) is 10.6. The molecule has 2 heterocycles. The first-order valence-electron chi connectivity index (χ1n) is 6.49. The molecular formula is C15H16BrNO2. The summed E-state index contributed by atoms with van der Waals surface area (Å²) in [6.07, 6.45) is 5.64. The Morgan fingerprint density at radius 1 is 1.32 bits per heavy atom. The molecule has 1 aliphatic heterocycles. The molecule has 1 unspecified atom stereocenters. The smallest absolute Gasteiger partial charge is 0.125 e. The summed E-state index contributed by atoms with van der Waals surface area (Å²) in [5.74, 6) is 0.983. The fourth-order valence-corrected chi connectivity index (χ4v) is 2.73. The van der Waals surface area contributed by atoms with E-state index in [1.807, 2.05) is 12.1 Å². The Morgan fingerprint density at radius 3 is 3.11 bits per heavy atom. The molecule has 0 fully saturated rings. The molecule has 3 nitrogen and oxygen atoms in total. The van der Waals surface area contributed by atoms with Crippen molar-refractivity contribution in [2.75, 3.05) is 6.61 Å². The maximum Gasteiger partial charge on any atom is 0.125 e. The molecule has 1 aromatic heterocycles. The predicted octanol–water partition coefficient (Wildman–Crippen LogP) is 4.05. The summed E-state index contributed by atoms with van der Waals surface area (Å²) in [5, 5.41) is 3.58. The van der Waals surface area contributed by atoms with Crippen molar-refractivity contribution in [3.8, 4) is 5.75 Å². The van der Waals surface area contributed by atoms with Crippen LogP contribution >= 0.6 is 15.9 Å². The van der Waals surface area contributed by atoms with Crippen LogP contribution in [0, 0.1) is 0 Å². The number of fused-ring (bicyclic) bond motifs is 1. The monoisotopic (exact) mass is 321 g/mol. The van der Waals surface area contributed by atoms with Gasteiger partial charge in [0.2, 0.25) is 0 Å². The van der Waals surface area contributed by atoms with Gasteiger partial charge in [0.25, 0.3) is 0 Å². The van der Waals surface area contributed by atoms with Crippen molar-refractivity contribution < 1.29 is 9.15 Å². The molecular weight excluding hydrogens is 306 g/mol. The average molecular weight is 322 g/mol. The van der Waals surface area contributed by atoms with Crippen LogP contribution in [0.3, 0.4) is 0 Å². The van der Waals surface area contributed by atoms with Crippen LogP contribution in [0.2, 0.25) is 0 Å². The molecule has 19 heavy (non-hydrogen) atoms. The largest absolute Gasteiger partial charge is 0.493 e. The summed E-state index contributed by atoms with van der Waals surface area (Å²) >= 11 is 3.49. The molecule has 0 spiro atoms. The Hall–Kier alpha value is -1.26. The number of halogens is 1. The molecule has 0 aliphatic carbocycles. The molecule has 2 aromatic rings. The molecule has 0 amide bonds. The highest BCUT2D eigenvalue weighted by Gasteiger charge is 2.19. The SMILES string of the molecule is Brc1ccc2c(c1)OCCCC2NCc1ccoc1. The lowest BCUT2D eigenvalue weighted by Gasteiger charge is -2.18. The number of benzene rings is 1. The number of ether oxygens (including phenoxy) is 1. The van der Waals surface area contributed by atoms with Crippen LogP contribution < -0.4 is 10.1 Å². The quantitative estimate of drug-likeness (QED) is 0.926. The van der Waals surface area contributed by atoms with E-state index in [0.29, 0.717) is 6.04 Å². The normalized spacial score (nSPS) is 18.5. The van der Waals surface area contributed by atoms with Crippen molar-refractivity contribution in [2.24, 2.45) is 0 Å². The van der Waals surface area contributed by atoms with Crippen molar-refractivity contribution in [3.05, 3.63) is 52.4 Å². The fraction of sp³-hybridized carbons (Fsp3) is 0.333. The Kier molecular flexibility index (Phi) is 3.89. The van der Waals surface area contributed by atoms with E-state index in [1.54, 1.807) is 12.5 Å². The Balaban J connectivity index is 1.78. The molecule has 0 saturated heterocycles. The molecule has 3 rings (SSSR count). The van der Waals surface area contributed by atoms with E-state index in [4.69, 9.17) is 9.15 Å². The second kappa shape index (κ2) is 5.80. The van der Waals surface area contributed by atoms with Crippen LogP contribution in [0.1, 0.15) is 30.0 Å². The van der Waals surface area contributed by atoms with Crippen molar-refractivity contribution in [2.45, 2.75) is 25.4 Å². The molecule has 1 aromatic carbocycles. The molecule has 0 radical (unpaired) electrons. The minimum absolute atomic E-state index is 0.334. The molecule has 4 heteroatoms. The van der Waals surface area contributed by atoms with Gasteiger partial charge in [-0.2, -0.15) is 0 Å². The topological polar surface area (TPSA) is 34.4 Å². The first kappa shape index (κ1) is 12.8.